The average molecular weight is 277 g/mol. The molecule has 2 atom stereocenters. The van der Waals surface area contributed by atoms with Crippen molar-refractivity contribution in [3.8, 4) is 0 Å². The van der Waals surface area contributed by atoms with Crippen molar-refractivity contribution in [1.29, 1.82) is 0 Å². The van der Waals surface area contributed by atoms with Crippen LogP contribution in [0, 0.1) is 5.92 Å². The summed E-state index contributed by atoms with van der Waals surface area (Å²) in [5.41, 5.74) is 0. The third-order valence-electron chi connectivity index (χ3n) is 5.95. The van der Waals surface area contributed by atoms with Crippen LogP contribution in [0.2, 0.25) is 0 Å². The van der Waals surface area contributed by atoms with E-state index >= 15 is 0 Å². The predicted octanol–water partition coefficient (Wildman–Crippen LogP) is 4.32. The molecule has 2 unspecified atom stereocenters. The maximum absolute atomic E-state index is 12.4. The molecule has 2 saturated carbocycles. The molecule has 1 heterocycles. The number of carbonyl (C=O) groups is 1. The molecule has 2 aliphatic carbocycles. The Morgan fingerprint density at radius 2 is 1.45 bits per heavy atom. The lowest BCUT2D eigenvalue weighted by Gasteiger charge is -2.45. The van der Waals surface area contributed by atoms with Gasteiger partial charge in [0, 0.05) is 24.4 Å². The van der Waals surface area contributed by atoms with Crippen molar-refractivity contribution in [3.63, 3.8) is 0 Å². The standard InChI is InChI=1S/C18H31NO/c20-18-13-6-5-11-16(18)17-12-7-8-14-19(17)15-9-3-1-2-4-10-15/h15-17H,1-14H2. The van der Waals surface area contributed by atoms with Crippen LogP contribution in [0.25, 0.3) is 0 Å². The number of carbonyl (C=O) groups excluding carboxylic acids is 1. The van der Waals surface area contributed by atoms with Crippen LogP contribution in [0.15, 0.2) is 0 Å². The summed E-state index contributed by atoms with van der Waals surface area (Å²) in [6.07, 6.45) is 16.9. The highest BCUT2D eigenvalue weighted by molar-refractivity contribution is 5.82. The van der Waals surface area contributed by atoms with Gasteiger partial charge < -0.3 is 0 Å². The van der Waals surface area contributed by atoms with Crippen LogP contribution in [0.4, 0.5) is 0 Å². The van der Waals surface area contributed by atoms with E-state index in [1.165, 1.54) is 77.2 Å². The minimum absolute atomic E-state index is 0.382. The third kappa shape index (κ3) is 3.27. The van der Waals surface area contributed by atoms with Gasteiger partial charge in [0.15, 0.2) is 0 Å². The SMILES string of the molecule is O=C1CCCCC1C1CCCCN1C1CCCCCC1. The van der Waals surface area contributed by atoms with Crippen LogP contribution >= 0.6 is 0 Å². The summed E-state index contributed by atoms with van der Waals surface area (Å²) in [6.45, 7) is 1.26. The van der Waals surface area contributed by atoms with E-state index in [9.17, 15) is 4.79 Å². The fourth-order valence-corrected chi connectivity index (χ4v) is 4.87. The van der Waals surface area contributed by atoms with E-state index in [0.29, 0.717) is 17.7 Å². The average Bonchev–Trinajstić information content (AvgIpc) is 2.77. The molecule has 2 heteroatoms. The minimum atomic E-state index is 0.382. The number of hydrogen-bond acceptors (Lipinski definition) is 2. The predicted molar refractivity (Wildman–Crippen MR) is 82.8 cm³/mol. The molecule has 0 aromatic carbocycles. The molecule has 0 aromatic rings. The van der Waals surface area contributed by atoms with Gasteiger partial charge in [-0.2, -0.15) is 0 Å². The Bertz CT molecular complexity index is 319. The lowest BCUT2D eigenvalue weighted by atomic mass is 9.78. The Hall–Kier alpha value is -0.370. The summed E-state index contributed by atoms with van der Waals surface area (Å²) in [5, 5.41) is 0. The number of Topliss-reactive ketones (excluding diaryl/α,β-unsaturated/α-hetero) is 1. The first-order chi connectivity index (χ1) is 9.86. The number of rotatable bonds is 2. The fourth-order valence-electron chi connectivity index (χ4n) is 4.87. The zero-order valence-corrected chi connectivity index (χ0v) is 13.0. The fraction of sp³-hybridized carbons (Fsp3) is 0.944. The molecule has 0 amide bonds. The molecule has 3 aliphatic rings. The van der Waals surface area contributed by atoms with Crippen LogP contribution in [0.1, 0.15) is 83.5 Å². The summed E-state index contributed by atoms with van der Waals surface area (Å²) in [7, 11) is 0. The molecule has 20 heavy (non-hydrogen) atoms. The number of piperidine rings is 1. The van der Waals surface area contributed by atoms with Gasteiger partial charge >= 0.3 is 0 Å². The van der Waals surface area contributed by atoms with Gasteiger partial charge in [-0.3, -0.25) is 9.69 Å². The molecule has 0 bridgehead atoms. The first-order valence-electron chi connectivity index (χ1n) is 9.15. The zero-order valence-electron chi connectivity index (χ0n) is 13.0. The molecule has 114 valence electrons. The van der Waals surface area contributed by atoms with Gasteiger partial charge in [-0.1, -0.05) is 38.5 Å². The van der Waals surface area contributed by atoms with Crippen LogP contribution < -0.4 is 0 Å². The van der Waals surface area contributed by atoms with E-state index in [4.69, 9.17) is 0 Å². The molecule has 3 rings (SSSR count). The highest BCUT2D eigenvalue weighted by atomic mass is 16.1. The van der Waals surface area contributed by atoms with Crippen molar-refractivity contribution in [2.45, 2.75) is 95.6 Å². The maximum Gasteiger partial charge on any atom is 0.137 e. The first kappa shape index (κ1) is 14.6. The van der Waals surface area contributed by atoms with Crippen molar-refractivity contribution in [3.05, 3.63) is 0 Å². The van der Waals surface area contributed by atoms with E-state index in [-0.39, 0.29) is 0 Å². The van der Waals surface area contributed by atoms with E-state index in [0.717, 1.165) is 18.9 Å². The smallest absolute Gasteiger partial charge is 0.137 e. The Labute approximate surface area is 124 Å². The van der Waals surface area contributed by atoms with Crippen LogP contribution in [0.5, 0.6) is 0 Å². The Balaban J connectivity index is 1.70. The second-order valence-electron chi connectivity index (χ2n) is 7.26. The van der Waals surface area contributed by atoms with E-state index in [1.807, 2.05) is 0 Å². The molecular weight excluding hydrogens is 246 g/mol. The third-order valence-corrected chi connectivity index (χ3v) is 5.95. The zero-order chi connectivity index (χ0) is 13.8. The topological polar surface area (TPSA) is 20.3 Å². The first-order valence-corrected chi connectivity index (χ1v) is 9.15. The highest BCUT2D eigenvalue weighted by Crippen LogP contribution is 2.35. The van der Waals surface area contributed by atoms with E-state index in [1.54, 1.807) is 0 Å². The summed E-state index contributed by atoms with van der Waals surface area (Å²) < 4.78 is 0. The summed E-state index contributed by atoms with van der Waals surface area (Å²) >= 11 is 0. The van der Waals surface area contributed by atoms with Gasteiger partial charge in [-0.25, -0.2) is 0 Å². The number of nitrogens with zero attached hydrogens (tertiary/aromatic N) is 1. The number of hydrogen-bond donors (Lipinski definition) is 0. The number of likely N-dealkylation sites (tertiary alicyclic amines) is 1. The molecule has 2 nitrogen and oxygen atoms in total. The quantitative estimate of drug-likeness (QED) is 0.700. The molecule has 3 fully saturated rings. The number of ketones is 1. The van der Waals surface area contributed by atoms with Gasteiger partial charge in [-0.15, -0.1) is 0 Å². The molecule has 0 N–H and O–H groups in total. The van der Waals surface area contributed by atoms with Crippen LogP contribution in [-0.2, 0) is 4.79 Å². The largest absolute Gasteiger partial charge is 0.299 e. The van der Waals surface area contributed by atoms with Gasteiger partial charge in [0.2, 0.25) is 0 Å². The Morgan fingerprint density at radius 3 is 2.20 bits per heavy atom. The lowest BCUT2D eigenvalue weighted by molar-refractivity contribution is -0.128. The van der Waals surface area contributed by atoms with Crippen molar-refractivity contribution < 1.29 is 4.79 Å². The van der Waals surface area contributed by atoms with Crippen molar-refractivity contribution in [2.75, 3.05) is 6.54 Å². The molecule has 0 aromatic heterocycles. The van der Waals surface area contributed by atoms with E-state index in [2.05, 4.69) is 4.90 Å². The summed E-state index contributed by atoms with van der Waals surface area (Å²) in [6, 6.07) is 1.39. The lowest BCUT2D eigenvalue weighted by Crippen LogP contribution is -2.51. The van der Waals surface area contributed by atoms with Gasteiger partial charge in [0.1, 0.15) is 5.78 Å². The molecule has 1 saturated heterocycles. The summed E-state index contributed by atoms with van der Waals surface area (Å²) in [4.78, 5) is 15.2. The van der Waals surface area contributed by atoms with Crippen LogP contribution in [0.3, 0.4) is 0 Å². The Morgan fingerprint density at radius 1 is 0.750 bits per heavy atom. The monoisotopic (exact) mass is 277 g/mol. The Kier molecular flexibility index (Phi) is 5.14. The molecule has 0 radical (unpaired) electrons. The highest BCUT2D eigenvalue weighted by Gasteiger charge is 2.37. The molecule has 1 aliphatic heterocycles. The van der Waals surface area contributed by atoms with Crippen molar-refractivity contribution >= 4 is 5.78 Å². The normalized spacial score (nSPS) is 34.9. The molecular formula is C18H31NO. The van der Waals surface area contributed by atoms with Gasteiger partial charge in [0.25, 0.3) is 0 Å². The van der Waals surface area contributed by atoms with Gasteiger partial charge in [0.05, 0.1) is 0 Å². The second kappa shape index (κ2) is 7.06. The van der Waals surface area contributed by atoms with Crippen molar-refractivity contribution in [1.82, 2.24) is 4.90 Å². The van der Waals surface area contributed by atoms with Crippen LogP contribution in [-0.4, -0.2) is 29.3 Å². The second-order valence-corrected chi connectivity index (χ2v) is 7.26. The summed E-state index contributed by atoms with van der Waals surface area (Å²) in [5.74, 6) is 0.967. The van der Waals surface area contributed by atoms with E-state index < -0.39 is 0 Å². The molecule has 0 spiro atoms. The minimum Gasteiger partial charge on any atom is -0.299 e. The van der Waals surface area contributed by atoms with Gasteiger partial charge in [-0.05, 0) is 45.1 Å². The maximum atomic E-state index is 12.4. The van der Waals surface area contributed by atoms with Crippen molar-refractivity contribution in [2.24, 2.45) is 5.92 Å².